The zero-order valence-corrected chi connectivity index (χ0v) is 33.1. The van der Waals surface area contributed by atoms with Crippen molar-refractivity contribution < 1.29 is 64.2 Å². The molecule has 4 heterocycles. The highest BCUT2D eigenvalue weighted by Gasteiger charge is 2.80. The van der Waals surface area contributed by atoms with Crippen molar-refractivity contribution in [3.05, 3.63) is 11.6 Å². The Morgan fingerprint density at radius 2 is 1.57 bits per heavy atom. The van der Waals surface area contributed by atoms with Crippen molar-refractivity contribution in [1.82, 2.24) is 0 Å². The fourth-order valence-corrected chi connectivity index (χ4v) is 14.4. The van der Waals surface area contributed by atoms with E-state index in [-0.39, 0.29) is 46.4 Å². The highest BCUT2D eigenvalue weighted by atomic mass is 16.7. The molecular weight excluding hydrogens is 700 g/mol. The third kappa shape index (κ3) is 5.65. The van der Waals surface area contributed by atoms with Crippen molar-refractivity contribution in [3.8, 4) is 0 Å². The molecule has 4 aliphatic heterocycles. The van der Waals surface area contributed by atoms with Gasteiger partial charge >= 0.3 is 0 Å². The molecule has 8 fully saturated rings. The number of allylic oxidation sites excluding steroid dienone is 1. The fourth-order valence-electron chi connectivity index (χ4n) is 14.4. The van der Waals surface area contributed by atoms with E-state index in [0.717, 1.165) is 44.9 Å². The van der Waals surface area contributed by atoms with Gasteiger partial charge in [0.2, 0.25) is 0 Å². The molecule has 0 radical (unpaired) electrons. The van der Waals surface area contributed by atoms with Crippen molar-refractivity contribution in [3.63, 3.8) is 0 Å². The second-order valence-electron chi connectivity index (χ2n) is 20.2. The number of rotatable bonds is 6. The maximum atomic E-state index is 12.1. The summed E-state index contributed by atoms with van der Waals surface area (Å²) in [6, 6.07) is 0. The molecule has 0 aromatic carbocycles. The van der Waals surface area contributed by atoms with Crippen LogP contribution in [0.3, 0.4) is 0 Å². The fraction of sp³-hybridized carbons (Fsp3) is 0.951. The predicted molar refractivity (Wildman–Crippen MR) is 192 cm³/mol. The first-order chi connectivity index (χ1) is 25.2. The van der Waals surface area contributed by atoms with E-state index in [9.17, 15) is 35.7 Å². The highest BCUT2D eigenvalue weighted by Crippen LogP contribution is 2.80. The SMILES string of the molecule is CC(C)=C[C@H]1C[C@](C)(O)[C@@H]2[C@H]3CC[C@@H]4[C@@]5(C)CC[C@H](O[C@@H]6OC[C@H](O)[C@H](O[C@@H]7O[C@H](CO)[C@@H](O)[C@H](O)[C@H]7O)[C@H]6O)C(C)(C)[C@@H]5CC[C@@]4(C)[C@@]34CO[C@@]2(C4)O1. The Bertz CT molecular complexity index is 1450. The van der Waals surface area contributed by atoms with Crippen molar-refractivity contribution in [2.45, 2.75) is 179 Å². The van der Waals surface area contributed by atoms with Crippen LogP contribution in [-0.2, 0) is 28.4 Å². The molecule has 7 N–H and O–H groups in total. The second kappa shape index (κ2) is 13.4. The van der Waals surface area contributed by atoms with Crippen molar-refractivity contribution in [1.29, 1.82) is 0 Å². The molecule has 2 bridgehead atoms. The summed E-state index contributed by atoms with van der Waals surface area (Å²) in [7, 11) is 0. The number of hydrogen-bond acceptors (Lipinski definition) is 13. The van der Waals surface area contributed by atoms with Crippen LogP contribution < -0.4 is 0 Å². The summed E-state index contributed by atoms with van der Waals surface area (Å²) in [6.07, 6.45) is -3.77. The van der Waals surface area contributed by atoms with Gasteiger partial charge < -0.3 is 64.2 Å². The lowest BCUT2D eigenvalue weighted by atomic mass is 9.35. The lowest BCUT2D eigenvalue weighted by molar-refractivity contribution is -0.358. The van der Waals surface area contributed by atoms with Gasteiger partial charge in [0.05, 0.1) is 37.6 Å². The number of aliphatic hydroxyl groups excluding tert-OH is 6. The van der Waals surface area contributed by atoms with E-state index in [2.05, 4.69) is 47.6 Å². The minimum absolute atomic E-state index is 0.00497. The third-order valence-corrected chi connectivity index (χ3v) is 16.6. The van der Waals surface area contributed by atoms with E-state index < -0.39 is 73.3 Å². The third-order valence-electron chi connectivity index (χ3n) is 16.6. The van der Waals surface area contributed by atoms with E-state index in [1.807, 2.05) is 6.92 Å². The molecule has 8 aliphatic rings. The van der Waals surface area contributed by atoms with Crippen LogP contribution in [-0.4, -0.2) is 134 Å². The second-order valence-corrected chi connectivity index (χ2v) is 20.2. The molecular formula is C41H66O13. The summed E-state index contributed by atoms with van der Waals surface area (Å²) >= 11 is 0. The highest BCUT2D eigenvalue weighted by molar-refractivity contribution is 5.26. The van der Waals surface area contributed by atoms with Crippen molar-refractivity contribution in [2.24, 2.45) is 45.3 Å². The normalized spacial score (nSPS) is 57.7. The molecule has 0 amide bonds. The minimum Gasteiger partial charge on any atom is -0.394 e. The van der Waals surface area contributed by atoms with Gasteiger partial charge in [0.15, 0.2) is 18.4 Å². The van der Waals surface area contributed by atoms with Crippen LogP contribution in [0.2, 0.25) is 0 Å². The summed E-state index contributed by atoms with van der Waals surface area (Å²) in [4.78, 5) is 0. The number of ether oxygens (including phenoxy) is 6. The Labute approximate surface area is 319 Å². The Morgan fingerprint density at radius 3 is 2.28 bits per heavy atom. The van der Waals surface area contributed by atoms with Crippen LogP contribution in [0.15, 0.2) is 11.6 Å². The molecule has 0 aromatic heterocycles. The smallest absolute Gasteiger partial charge is 0.187 e. The Hall–Kier alpha value is -0.780. The quantitative estimate of drug-likeness (QED) is 0.154. The lowest BCUT2D eigenvalue weighted by Crippen LogP contribution is -2.67. The van der Waals surface area contributed by atoms with Gasteiger partial charge in [0.1, 0.15) is 42.7 Å². The summed E-state index contributed by atoms with van der Waals surface area (Å²) in [5, 5.41) is 75.0. The summed E-state index contributed by atoms with van der Waals surface area (Å²) < 4.78 is 37.6. The van der Waals surface area contributed by atoms with Crippen LogP contribution in [0.1, 0.15) is 99.8 Å². The predicted octanol–water partition coefficient (Wildman–Crippen LogP) is 2.14. The summed E-state index contributed by atoms with van der Waals surface area (Å²) in [5.74, 6) is 0.284. The average molecular weight is 767 g/mol. The summed E-state index contributed by atoms with van der Waals surface area (Å²) in [5.41, 5.74) is -0.0544. The Morgan fingerprint density at radius 1 is 0.833 bits per heavy atom. The molecule has 20 atom stereocenters. The molecule has 13 nitrogen and oxygen atoms in total. The molecule has 4 saturated carbocycles. The van der Waals surface area contributed by atoms with E-state index in [0.29, 0.717) is 30.8 Å². The molecule has 0 aromatic rings. The van der Waals surface area contributed by atoms with Crippen molar-refractivity contribution in [2.75, 3.05) is 19.8 Å². The first-order valence-electron chi connectivity index (χ1n) is 20.5. The van der Waals surface area contributed by atoms with Crippen LogP contribution in [0.5, 0.6) is 0 Å². The molecule has 308 valence electrons. The number of aliphatic hydroxyl groups is 7. The zero-order valence-electron chi connectivity index (χ0n) is 33.1. The maximum Gasteiger partial charge on any atom is 0.187 e. The van der Waals surface area contributed by atoms with E-state index in [1.165, 1.54) is 5.57 Å². The minimum atomic E-state index is -1.68. The molecule has 2 spiro atoms. The van der Waals surface area contributed by atoms with Crippen LogP contribution >= 0.6 is 0 Å². The summed E-state index contributed by atoms with van der Waals surface area (Å²) in [6.45, 7) is 15.6. The Kier molecular flexibility index (Phi) is 9.91. The van der Waals surface area contributed by atoms with Crippen LogP contribution in [0.25, 0.3) is 0 Å². The lowest BCUT2D eigenvalue weighted by Gasteiger charge is -2.70. The first-order valence-corrected chi connectivity index (χ1v) is 20.5. The number of fused-ring (bicyclic) bond motifs is 4. The standard InChI is InChI=1S/C41H66O13/c1-20(2)14-21-15-39(7,48)33-22-8-9-26-37(5)12-11-27(36(3,4)25(37)10-13-38(26,6)40(22)18-41(33,54-21)50-19-40)52-34-31(47)32(23(43)17-49-34)53-35-30(46)29(45)28(44)24(16-42)51-35/h14,21-35,42-48H,8-13,15-19H2,1-7H3/t21-,22+,23-,24+,25-,26+,27-,28+,29-,30+,31+,32-,33-,34-,35-,37-,38+,39-,40-,41-/m0/s1. The molecule has 13 heteroatoms. The maximum absolute atomic E-state index is 12.1. The van der Waals surface area contributed by atoms with E-state index in [1.54, 1.807) is 0 Å². The van der Waals surface area contributed by atoms with Gasteiger partial charge in [-0.3, -0.25) is 0 Å². The molecule has 4 aliphatic carbocycles. The van der Waals surface area contributed by atoms with Gasteiger partial charge in [-0.1, -0.05) is 39.3 Å². The molecule has 54 heavy (non-hydrogen) atoms. The molecule has 4 saturated heterocycles. The van der Waals surface area contributed by atoms with Gasteiger partial charge in [-0.25, -0.2) is 0 Å². The van der Waals surface area contributed by atoms with E-state index >= 15 is 0 Å². The van der Waals surface area contributed by atoms with Gasteiger partial charge in [0, 0.05) is 24.2 Å². The topological polar surface area (TPSA) is 197 Å². The Balaban J connectivity index is 0.992. The average Bonchev–Trinajstić information content (AvgIpc) is 3.61. The van der Waals surface area contributed by atoms with Gasteiger partial charge in [-0.2, -0.15) is 0 Å². The monoisotopic (exact) mass is 766 g/mol. The zero-order chi connectivity index (χ0) is 39.0. The first kappa shape index (κ1) is 40.0. The van der Waals surface area contributed by atoms with Gasteiger partial charge in [0.25, 0.3) is 0 Å². The van der Waals surface area contributed by atoms with Crippen LogP contribution in [0.4, 0.5) is 0 Å². The largest absolute Gasteiger partial charge is 0.394 e. The molecule has 0 unspecified atom stereocenters. The number of hydrogen-bond donors (Lipinski definition) is 7. The van der Waals surface area contributed by atoms with Crippen LogP contribution in [0, 0.1) is 45.3 Å². The van der Waals surface area contributed by atoms with Gasteiger partial charge in [-0.15, -0.1) is 0 Å². The van der Waals surface area contributed by atoms with Gasteiger partial charge in [-0.05, 0) is 93.3 Å². The van der Waals surface area contributed by atoms with Crippen molar-refractivity contribution >= 4 is 0 Å². The molecule has 8 rings (SSSR count). The van der Waals surface area contributed by atoms with E-state index in [4.69, 9.17) is 28.4 Å².